The third kappa shape index (κ3) is 3.04. The molecule has 1 saturated heterocycles. The van der Waals surface area contributed by atoms with Gasteiger partial charge in [-0.15, -0.1) is 0 Å². The number of rotatable bonds is 3. The van der Waals surface area contributed by atoms with E-state index in [9.17, 15) is 0 Å². The van der Waals surface area contributed by atoms with E-state index < -0.39 is 0 Å². The number of nitrogens with zero attached hydrogens (tertiary/aromatic N) is 2. The van der Waals surface area contributed by atoms with Crippen LogP contribution in [0.1, 0.15) is 18.7 Å². The third-order valence-corrected chi connectivity index (χ3v) is 3.95. The molecule has 0 spiro atoms. The molecule has 1 N–H and O–H groups in total. The SMILES string of the molecule is COc1cc2c(Cl)nc(C)nc2cc1NC1CCOCC1. The Kier molecular flexibility index (Phi) is 4.12. The second-order valence-corrected chi connectivity index (χ2v) is 5.52. The predicted octanol–water partition coefficient (Wildman–Crippen LogP) is 3.19. The lowest BCUT2D eigenvalue weighted by atomic mass is 10.1. The molecule has 1 aliphatic rings. The maximum absolute atomic E-state index is 6.19. The van der Waals surface area contributed by atoms with Crippen LogP contribution in [0.2, 0.25) is 5.15 Å². The van der Waals surface area contributed by atoms with Crippen molar-refractivity contribution in [3.05, 3.63) is 23.1 Å². The van der Waals surface area contributed by atoms with E-state index in [0.29, 0.717) is 17.0 Å². The monoisotopic (exact) mass is 307 g/mol. The molecule has 1 aromatic carbocycles. The number of nitrogens with one attached hydrogen (secondary N) is 1. The first-order valence-corrected chi connectivity index (χ1v) is 7.41. The average molecular weight is 308 g/mol. The minimum atomic E-state index is 0.392. The first kappa shape index (κ1) is 14.4. The molecule has 112 valence electrons. The van der Waals surface area contributed by atoms with Crippen molar-refractivity contribution < 1.29 is 9.47 Å². The van der Waals surface area contributed by atoms with Crippen LogP contribution >= 0.6 is 11.6 Å². The van der Waals surface area contributed by atoms with Crippen molar-refractivity contribution in [2.45, 2.75) is 25.8 Å². The van der Waals surface area contributed by atoms with Crippen LogP contribution in [0.3, 0.4) is 0 Å². The van der Waals surface area contributed by atoms with E-state index in [2.05, 4.69) is 15.3 Å². The Morgan fingerprint density at radius 1 is 1.29 bits per heavy atom. The summed E-state index contributed by atoms with van der Waals surface area (Å²) in [5.41, 5.74) is 1.76. The lowest BCUT2D eigenvalue weighted by molar-refractivity contribution is 0.0904. The van der Waals surface area contributed by atoms with Crippen LogP contribution in [-0.2, 0) is 4.74 Å². The van der Waals surface area contributed by atoms with Gasteiger partial charge in [0.1, 0.15) is 16.7 Å². The molecule has 0 unspecified atom stereocenters. The Morgan fingerprint density at radius 2 is 2.05 bits per heavy atom. The molecule has 3 rings (SSSR count). The molecule has 0 radical (unpaired) electrons. The lowest BCUT2D eigenvalue weighted by Crippen LogP contribution is -2.28. The average Bonchev–Trinajstić information content (AvgIpc) is 2.47. The van der Waals surface area contributed by atoms with E-state index in [4.69, 9.17) is 21.1 Å². The molecule has 5 nitrogen and oxygen atoms in total. The molecule has 0 amide bonds. The number of methoxy groups -OCH3 is 1. The minimum absolute atomic E-state index is 0.392. The van der Waals surface area contributed by atoms with Crippen molar-refractivity contribution in [2.24, 2.45) is 0 Å². The molecule has 6 heteroatoms. The number of aryl methyl sites for hydroxylation is 1. The Bertz CT molecular complexity index is 657. The molecule has 1 aliphatic heterocycles. The molecule has 0 bridgehead atoms. The summed E-state index contributed by atoms with van der Waals surface area (Å²) in [7, 11) is 1.65. The second kappa shape index (κ2) is 6.03. The van der Waals surface area contributed by atoms with Gasteiger partial charge in [-0.25, -0.2) is 9.97 Å². The molecule has 0 saturated carbocycles. The smallest absolute Gasteiger partial charge is 0.142 e. The van der Waals surface area contributed by atoms with Crippen molar-refractivity contribution in [1.29, 1.82) is 0 Å². The Balaban J connectivity index is 2.00. The number of anilines is 1. The molecule has 0 aliphatic carbocycles. The van der Waals surface area contributed by atoms with Gasteiger partial charge < -0.3 is 14.8 Å². The van der Waals surface area contributed by atoms with Crippen LogP contribution in [0.5, 0.6) is 5.75 Å². The summed E-state index contributed by atoms with van der Waals surface area (Å²) in [6.07, 6.45) is 1.98. The largest absolute Gasteiger partial charge is 0.495 e. The second-order valence-electron chi connectivity index (χ2n) is 5.16. The van der Waals surface area contributed by atoms with Crippen molar-refractivity contribution in [3.8, 4) is 5.75 Å². The van der Waals surface area contributed by atoms with Crippen LogP contribution in [0, 0.1) is 6.92 Å². The number of fused-ring (bicyclic) bond motifs is 1. The number of ether oxygens (including phenoxy) is 2. The summed E-state index contributed by atoms with van der Waals surface area (Å²) >= 11 is 6.19. The molecular weight excluding hydrogens is 290 g/mol. The Hall–Kier alpha value is -1.59. The maximum Gasteiger partial charge on any atom is 0.142 e. The van der Waals surface area contributed by atoms with Crippen molar-refractivity contribution in [1.82, 2.24) is 9.97 Å². The number of halogens is 1. The van der Waals surface area contributed by atoms with Crippen LogP contribution < -0.4 is 10.1 Å². The van der Waals surface area contributed by atoms with Gasteiger partial charge in [0.05, 0.1) is 18.3 Å². The van der Waals surface area contributed by atoms with E-state index in [1.807, 2.05) is 19.1 Å². The zero-order valence-corrected chi connectivity index (χ0v) is 12.9. The molecule has 0 atom stereocenters. The third-order valence-electron chi connectivity index (χ3n) is 3.66. The predicted molar refractivity (Wildman–Crippen MR) is 83.3 cm³/mol. The highest BCUT2D eigenvalue weighted by atomic mass is 35.5. The number of aromatic nitrogens is 2. The fourth-order valence-electron chi connectivity index (χ4n) is 2.57. The Morgan fingerprint density at radius 3 is 2.76 bits per heavy atom. The molecule has 2 heterocycles. The fraction of sp³-hybridized carbons (Fsp3) is 0.467. The van der Waals surface area contributed by atoms with E-state index >= 15 is 0 Å². The summed E-state index contributed by atoms with van der Waals surface area (Å²) in [6.45, 7) is 3.42. The molecular formula is C15H18ClN3O2. The standard InChI is InChI=1S/C15H18ClN3O2/c1-9-17-12-8-13(19-10-3-5-21-6-4-10)14(20-2)7-11(12)15(16)18-9/h7-8,10,19H,3-6H2,1-2H3. The van der Waals surface area contributed by atoms with Gasteiger partial charge in [-0.2, -0.15) is 0 Å². The van der Waals surface area contributed by atoms with Crippen LogP contribution in [0.4, 0.5) is 5.69 Å². The Labute approximate surface area is 128 Å². The van der Waals surface area contributed by atoms with Crippen molar-refractivity contribution in [2.75, 3.05) is 25.6 Å². The van der Waals surface area contributed by atoms with Gasteiger partial charge in [0.2, 0.25) is 0 Å². The normalized spacial score (nSPS) is 16.1. The van der Waals surface area contributed by atoms with Crippen LogP contribution in [-0.4, -0.2) is 36.3 Å². The topological polar surface area (TPSA) is 56.3 Å². The van der Waals surface area contributed by atoms with Gasteiger partial charge >= 0.3 is 0 Å². The summed E-state index contributed by atoms with van der Waals surface area (Å²) in [5, 5.41) is 4.78. The molecule has 1 fully saturated rings. The highest BCUT2D eigenvalue weighted by Gasteiger charge is 2.17. The van der Waals surface area contributed by atoms with Gasteiger partial charge in [-0.3, -0.25) is 0 Å². The van der Waals surface area contributed by atoms with Gasteiger partial charge in [-0.1, -0.05) is 11.6 Å². The zero-order chi connectivity index (χ0) is 14.8. The van der Waals surface area contributed by atoms with E-state index in [1.54, 1.807) is 7.11 Å². The number of hydrogen-bond acceptors (Lipinski definition) is 5. The van der Waals surface area contributed by atoms with Crippen LogP contribution in [0.25, 0.3) is 10.9 Å². The first-order chi connectivity index (χ1) is 10.2. The molecule has 21 heavy (non-hydrogen) atoms. The zero-order valence-electron chi connectivity index (χ0n) is 12.1. The summed E-state index contributed by atoms with van der Waals surface area (Å²) < 4.78 is 10.9. The minimum Gasteiger partial charge on any atom is -0.495 e. The van der Waals surface area contributed by atoms with Crippen LogP contribution in [0.15, 0.2) is 12.1 Å². The highest BCUT2D eigenvalue weighted by molar-refractivity contribution is 6.34. The first-order valence-electron chi connectivity index (χ1n) is 7.03. The van der Waals surface area contributed by atoms with E-state index in [1.165, 1.54) is 0 Å². The summed E-state index contributed by atoms with van der Waals surface area (Å²) in [4.78, 5) is 8.63. The van der Waals surface area contributed by atoms with Gasteiger partial charge in [0.15, 0.2) is 0 Å². The quantitative estimate of drug-likeness (QED) is 0.883. The number of hydrogen-bond donors (Lipinski definition) is 1. The maximum atomic E-state index is 6.19. The summed E-state index contributed by atoms with van der Waals surface area (Å²) in [5.74, 6) is 1.41. The van der Waals surface area contributed by atoms with Crippen molar-refractivity contribution in [3.63, 3.8) is 0 Å². The lowest BCUT2D eigenvalue weighted by Gasteiger charge is -2.25. The molecule has 2 aromatic rings. The summed E-state index contributed by atoms with van der Waals surface area (Å²) in [6, 6.07) is 4.26. The van der Waals surface area contributed by atoms with Gasteiger partial charge in [-0.05, 0) is 31.9 Å². The highest BCUT2D eigenvalue weighted by Crippen LogP contribution is 2.33. The van der Waals surface area contributed by atoms with E-state index in [-0.39, 0.29) is 0 Å². The van der Waals surface area contributed by atoms with Crippen molar-refractivity contribution >= 4 is 28.2 Å². The fourth-order valence-corrected chi connectivity index (χ4v) is 2.84. The van der Waals surface area contributed by atoms with Gasteiger partial charge in [0, 0.05) is 24.6 Å². The van der Waals surface area contributed by atoms with Gasteiger partial charge in [0.25, 0.3) is 0 Å². The van der Waals surface area contributed by atoms with E-state index in [0.717, 1.165) is 48.4 Å². The number of benzene rings is 1. The molecule has 1 aromatic heterocycles.